The molecule has 0 unspecified atom stereocenters. The average Bonchev–Trinajstić information content (AvgIpc) is 3.58. The van der Waals surface area contributed by atoms with E-state index in [-0.39, 0.29) is 30.7 Å². The third kappa shape index (κ3) is 5.46. The van der Waals surface area contributed by atoms with Gasteiger partial charge < -0.3 is 28.0 Å². The molecule has 0 spiro atoms. The van der Waals surface area contributed by atoms with E-state index in [0.29, 0.717) is 22.8 Å². The van der Waals surface area contributed by atoms with Gasteiger partial charge in [0.1, 0.15) is 12.4 Å². The number of carbonyl (C=O) groups is 2. The molecule has 192 valence electrons. The lowest BCUT2D eigenvalue weighted by Gasteiger charge is -2.14. The molecule has 0 saturated carbocycles. The first kappa shape index (κ1) is 25.5. The van der Waals surface area contributed by atoms with Crippen LogP contribution in [0, 0.1) is 27.7 Å². The molecular weight excluding hydrogens is 464 g/mol. The molecule has 1 atom stereocenters. The molecule has 0 bridgehead atoms. The highest BCUT2D eigenvalue weighted by Crippen LogP contribution is 2.30. The Labute approximate surface area is 210 Å². The Balaban J connectivity index is 1.38. The van der Waals surface area contributed by atoms with E-state index >= 15 is 0 Å². The lowest BCUT2D eigenvalue weighted by molar-refractivity contribution is 0.0474. The summed E-state index contributed by atoms with van der Waals surface area (Å²) >= 11 is 0. The third-order valence-electron chi connectivity index (χ3n) is 6.57. The average molecular weight is 497 g/mol. The minimum Gasteiger partial charge on any atom is -0.493 e. The van der Waals surface area contributed by atoms with Crippen molar-refractivity contribution in [2.75, 3.05) is 20.3 Å². The molecule has 9 nitrogen and oxygen atoms in total. The van der Waals surface area contributed by atoms with Crippen molar-refractivity contribution in [1.29, 1.82) is 0 Å². The summed E-state index contributed by atoms with van der Waals surface area (Å²) in [6.45, 7) is 8.93. The van der Waals surface area contributed by atoms with Crippen LogP contribution in [-0.2, 0) is 22.6 Å². The molecule has 9 heteroatoms. The predicted molar refractivity (Wildman–Crippen MR) is 131 cm³/mol. The normalized spacial score (nSPS) is 15.2. The van der Waals surface area contributed by atoms with Crippen molar-refractivity contribution in [3.05, 3.63) is 63.8 Å². The van der Waals surface area contributed by atoms with E-state index in [4.69, 9.17) is 23.5 Å². The van der Waals surface area contributed by atoms with E-state index in [9.17, 15) is 9.59 Å². The largest absolute Gasteiger partial charge is 0.493 e. The third-order valence-corrected chi connectivity index (χ3v) is 6.57. The number of rotatable bonds is 10. The number of hydrogen-bond donors (Lipinski definition) is 0. The van der Waals surface area contributed by atoms with Crippen LogP contribution in [0.2, 0.25) is 0 Å². The molecule has 0 amide bonds. The minimum absolute atomic E-state index is 0.168. The van der Waals surface area contributed by atoms with Crippen LogP contribution < -0.4 is 9.47 Å². The molecule has 4 rings (SSSR count). The molecule has 0 radical (unpaired) electrons. The van der Waals surface area contributed by atoms with Gasteiger partial charge in [0, 0.05) is 30.1 Å². The lowest BCUT2D eigenvalue weighted by Crippen LogP contribution is -2.18. The fraction of sp³-hybridized carbons (Fsp3) is 0.444. The van der Waals surface area contributed by atoms with Crippen molar-refractivity contribution in [2.45, 2.75) is 59.8 Å². The summed E-state index contributed by atoms with van der Waals surface area (Å²) in [6, 6.07) is 6.58. The molecule has 1 fully saturated rings. The fourth-order valence-electron chi connectivity index (χ4n) is 4.42. The Morgan fingerprint density at radius 1 is 1.14 bits per heavy atom. The van der Waals surface area contributed by atoms with E-state index in [1.165, 1.54) is 13.2 Å². The van der Waals surface area contributed by atoms with Gasteiger partial charge in [0.2, 0.25) is 5.78 Å². The zero-order valence-corrected chi connectivity index (χ0v) is 21.4. The van der Waals surface area contributed by atoms with Crippen LogP contribution in [0.4, 0.5) is 0 Å². The maximum Gasteiger partial charge on any atom is 0.338 e. The number of ether oxygens (including phenoxy) is 4. The fourth-order valence-corrected chi connectivity index (χ4v) is 4.42. The molecule has 1 saturated heterocycles. The van der Waals surface area contributed by atoms with Crippen LogP contribution in [0.3, 0.4) is 0 Å². The second-order valence-corrected chi connectivity index (χ2v) is 8.99. The van der Waals surface area contributed by atoms with Crippen molar-refractivity contribution in [1.82, 2.24) is 9.72 Å². The van der Waals surface area contributed by atoms with Gasteiger partial charge in [-0.2, -0.15) is 0 Å². The molecule has 1 aromatic carbocycles. The van der Waals surface area contributed by atoms with E-state index in [1.54, 1.807) is 12.1 Å². The standard InChI is InChI=1S/C27H32N2O7/c1-16-11-22(18(3)29(16)13-21-7-6-10-33-21)24(30)15-35-27(31)20-8-9-25(26(12-20)32-5)34-14-23-17(2)28-36-19(23)4/h8-9,11-12,21H,6-7,10,13-15H2,1-5H3/t21-/m0/s1. The zero-order valence-electron chi connectivity index (χ0n) is 21.4. The van der Waals surface area contributed by atoms with E-state index < -0.39 is 5.97 Å². The molecule has 3 heterocycles. The summed E-state index contributed by atoms with van der Waals surface area (Å²) < 4.78 is 29.6. The van der Waals surface area contributed by atoms with Crippen molar-refractivity contribution < 1.29 is 33.1 Å². The van der Waals surface area contributed by atoms with Crippen LogP contribution in [0.25, 0.3) is 0 Å². The van der Waals surface area contributed by atoms with Crippen molar-refractivity contribution in [2.24, 2.45) is 0 Å². The first-order valence-corrected chi connectivity index (χ1v) is 12.0. The van der Waals surface area contributed by atoms with E-state index in [2.05, 4.69) is 9.72 Å². The van der Waals surface area contributed by atoms with Gasteiger partial charge in [-0.25, -0.2) is 4.79 Å². The monoisotopic (exact) mass is 496 g/mol. The van der Waals surface area contributed by atoms with Crippen LogP contribution in [0.1, 0.15) is 62.0 Å². The summed E-state index contributed by atoms with van der Waals surface area (Å²) in [5.74, 6) is 0.654. The molecule has 36 heavy (non-hydrogen) atoms. The first-order chi connectivity index (χ1) is 17.3. The summed E-state index contributed by atoms with van der Waals surface area (Å²) in [5.41, 5.74) is 4.26. The number of carbonyl (C=O) groups excluding carboxylic acids is 2. The number of methoxy groups -OCH3 is 1. The SMILES string of the molecule is COc1cc(C(=O)OCC(=O)c2cc(C)n(C[C@@H]3CCCO3)c2C)ccc1OCc1c(C)noc1C. The molecular formula is C27H32N2O7. The number of nitrogens with zero attached hydrogens (tertiary/aromatic N) is 2. The Hall–Kier alpha value is -3.59. The van der Waals surface area contributed by atoms with Crippen molar-refractivity contribution in [3.63, 3.8) is 0 Å². The van der Waals surface area contributed by atoms with Gasteiger partial charge in [-0.05, 0) is 64.8 Å². The van der Waals surface area contributed by atoms with Crippen LogP contribution in [0.15, 0.2) is 28.8 Å². The van der Waals surface area contributed by atoms with Gasteiger partial charge in [-0.15, -0.1) is 0 Å². The van der Waals surface area contributed by atoms with Crippen LogP contribution in [0.5, 0.6) is 11.5 Å². The Morgan fingerprint density at radius 3 is 2.61 bits per heavy atom. The van der Waals surface area contributed by atoms with Gasteiger partial charge in [0.05, 0.1) is 30.0 Å². The predicted octanol–water partition coefficient (Wildman–Crippen LogP) is 4.52. The number of benzene rings is 1. The van der Waals surface area contributed by atoms with Gasteiger partial charge >= 0.3 is 5.97 Å². The summed E-state index contributed by atoms with van der Waals surface area (Å²) in [4.78, 5) is 25.5. The van der Waals surface area contributed by atoms with Crippen molar-refractivity contribution in [3.8, 4) is 11.5 Å². The van der Waals surface area contributed by atoms with Gasteiger partial charge in [0.25, 0.3) is 0 Å². The number of hydrogen-bond acceptors (Lipinski definition) is 8. The van der Waals surface area contributed by atoms with Crippen LogP contribution in [-0.4, -0.2) is 47.9 Å². The first-order valence-electron chi connectivity index (χ1n) is 12.0. The second-order valence-electron chi connectivity index (χ2n) is 8.99. The smallest absolute Gasteiger partial charge is 0.338 e. The Bertz CT molecular complexity index is 1230. The number of Topliss-reactive ketones (excluding diaryl/α,β-unsaturated/α-hetero) is 1. The maximum atomic E-state index is 12.9. The highest BCUT2D eigenvalue weighted by Gasteiger charge is 2.22. The van der Waals surface area contributed by atoms with Gasteiger partial charge in [0.15, 0.2) is 18.1 Å². The summed E-state index contributed by atoms with van der Waals surface area (Å²) in [5, 5.41) is 3.92. The van der Waals surface area contributed by atoms with Crippen molar-refractivity contribution >= 4 is 11.8 Å². The van der Waals surface area contributed by atoms with E-state index in [0.717, 1.165) is 48.6 Å². The minimum atomic E-state index is -0.618. The number of esters is 1. The number of ketones is 1. The zero-order chi connectivity index (χ0) is 25.8. The Kier molecular flexibility index (Phi) is 7.79. The molecule has 0 aliphatic carbocycles. The summed E-state index contributed by atoms with van der Waals surface area (Å²) in [6.07, 6.45) is 2.25. The summed E-state index contributed by atoms with van der Waals surface area (Å²) in [7, 11) is 1.49. The molecule has 0 N–H and O–H groups in total. The Morgan fingerprint density at radius 2 is 1.94 bits per heavy atom. The second kappa shape index (κ2) is 11.0. The topological polar surface area (TPSA) is 102 Å². The lowest BCUT2D eigenvalue weighted by atomic mass is 10.1. The molecule has 1 aliphatic heterocycles. The molecule has 3 aromatic rings. The highest BCUT2D eigenvalue weighted by atomic mass is 16.5. The molecule has 1 aliphatic rings. The van der Waals surface area contributed by atoms with Crippen LogP contribution >= 0.6 is 0 Å². The maximum absolute atomic E-state index is 12.9. The number of aromatic nitrogens is 2. The quantitative estimate of drug-likeness (QED) is 0.298. The van der Waals surface area contributed by atoms with Gasteiger partial charge in [-0.1, -0.05) is 5.16 Å². The van der Waals surface area contributed by atoms with E-state index in [1.807, 2.05) is 33.8 Å². The highest BCUT2D eigenvalue weighted by molar-refractivity contribution is 6.00. The number of aryl methyl sites for hydroxylation is 3. The van der Waals surface area contributed by atoms with Gasteiger partial charge in [-0.3, -0.25) is 4.79 Å². The molecule has 2 aromatic heterocycles.